The Hall–Kier alpha value is -3.47. The van der Waals surface area contributed by atoms with Crippen molar-refractivity contribution in [3.8, 4) is 22.4 Å². The normalized spacial score (nSPS) is 18.1. The number of piperidine rings is 1. The quantitative estimate of drug-likeness (QED) is 0.443. The Kier molecular flexibility index (Phi) is 4.34. The molecule has 0 N–H and O–H groups in total. The predicted octanol–water partition coefficient (Wildman–Crippen LogP) is 5.57. The number of anilines is 1. The van der Waals surface area contributed by atoms with Crippen molar-refractivity contribution in [2.75, 3.05) is 18.0 Å². The predicted molar refractivity (Wildman–Crippen MR) is 120 cm³/mol. The summed E-state index contributed by atoms with van der Waals surface area (Å²) in [6.45, 7) is 1.95. The highest BCUT2D eigenvalue weighted by Crippen LogP contribution is 2.46. The zero-order chi connectivity index (χ0) is 20.8. The highest BCUT2D eigenvalue weighted by molar-refractivity contribution is 5.69. The van der Waals surface area contributed by atoms with Crippen molar-refractivity contribution >= 4 is 5.69 Å². The fourth-order valence-electron chi connectivity index (χ4n) is 5.28. The molecule has 6 rings (SSSR count). The van der Waals surface area contributed by atoms with Gasteiger partial charge in [0.1, 0.15) is 5.82 Å². The summed E-state index contributed by atoms with van der Waals surface area (Å²) >= 11 is 0. The van der Waals surface area contributed by atoms with Crippen molar-refractivity contribution in [3.05, 3.63) is 90.9 Å². The number of aromatic nitrogens is 3. The van der Waals surface area contributed by atoms with Crippen molar-refractivity contribution in [3.63, 3.8) is 0 Å². The molecule has 0 bridgehead atoms. The third kappa shape index (κ3) is 3.03. The first-order chi connectivity index (χ1) is 15.3. The molecule has 0 radical (unpaired) electrons. The van der Waals surface area contributed by atoms with E-state index in [0.717, 1.165) is 42.8 Å². The van der Waals surface area contributed by atoms with Crippen LogP contribution >= 0.6 is 0 Å². The van der Waals surface area contributed by atoms with E-state index in [-0.39, 0.29) is 11.9 Å². The Bertz CT molecular complexity index is 1210. The summed E-state index contributed by atoms with van der Waals surface area (Å²) in [5.41, 5.74) is 6.51. The van der Waals surface area contributed by atoms with Gasteiger partial charge in [-0.15, -0.1) is 0 Å². The van der Waals surface area contributed by atoms with Gasteiger partial charge in [0.05, 0.1) is 24.3 Å². The van der Waals surface area contributed by atoms with Crippen LogP contribution in [0.15, 0.2) is 79.5 Å². The van der Waals surface area contributed by atoms with Crippen molar-refractivity contribution < 1.29 is 4.39 Å². The SMILES string of the molecule is Fc1cccc2c1C(C1CCN(c3ccc(-c4ccncc4)cc3)CC1)n1cncc1-2. The van der Waals surface area contributed by atoms with Crippen LogP contribution in [-0.2, 0) is 0 Å². The summed E-state index contributed by atoms with van der Waals surface area (Å²) in [5, 5.41) is 0. The molecule has 0 saturated carbocycles. The lowest BCUT2D eigenvalue weighted by molar-refractivity contribution is 0.312. The lowest BCUT2D eigenvalue weighted by atomic mass is 9.85. The molecule has 4 aromatic rings. The molecule has 31 heavy (non-hydrogen) atoms. The van der Waals surface area contributed by atoms with Gasteiger partial charge in [0.25, 0.3) is 0 Å². The second-order valence-corrected chi connectivity index (χ2v) is 8.44. The van der Waals surface area contributed by atoms with Crippen LogP contribution < -0.4 is 4.90 Å². The Morgan fingerprint density at radius 1 is 0.839 bits per heavy atom. The van der Waals surface area contributed by atoms with Crippen molar-refractivity contribution in [1.29, 1.82) is 0 Å². The number of pyridine rings is 1. The van der Waals surface area contributed by atoms with E-state index >= 15 is 0 Å². The minimum absolute atomic E-state index is 0.0462. The molecule has 2 aliphatic rings. The van der Waals surface area contributed by atoms with Crippen LogP contribution in [0.25, 0.3) is 22.4 Å². The molecule has 1 atom stereocenters. The number of halogens is 1. The smallest absolute Gasteiger partial charge is 0.129 e. The summed E-state index contributed by atoms with van der Waals surface area (Å²) in [4.78, 5) is 10.9. The molecule has 4 nitrogen and oxygen atoms in total. The lowest BCUT2D eigenvalue weighted by Crippen LogP contribution is -2.36. The van der Waals surface area contributed by atoms with E-state index in [4.69, 9.17) is 0 Å². The standard InChI is InChI=1S/C26H23FN4/c27-23-3-1-2-22-24-16-29-17-31(24)26(25(22)23)20-10-14-30(15-11-20)21-6-4-18(5-7-21)19-8-12-28-13-9-19/h1-9,12-13,16-17,20,26H,10-11,14-15H2. The molecule has 0 aliphatic carbocycles. The van der Waals surface area contributed by atoms with E-state index in [0.29, 0.717) is 5.92 Å². The Morgan fingerprint density at radius 2 is 1.58 bits per heavy atom. The van der Waals surface area contributed by atoms with Gasteiger partial charge in [-0.3, -0.25) is 4.98 Å². The molecule has 0 spiro atoms. The van der Waals surface area contributed by atoms with Gasteiger partial charge in [-0.2, -0.15) is 0 Å². The van der Waals surface area contributed by atoms with Crippen LogP contribution in [0.4, 0.5) is 10.1 Å². The third-order valence-corrected chi connectivity index (χ3v) is 6.82. The van der Waals surface area contributed by atoms with E-state index < -0.39 is 0 Å². The van der Waals surface area contributed by atoms with Gasteiger partial charge in [-0.25, -0.2) is 9.37 Å². The summed E-state index contributed by atoms with van der Waals surface area (Å²) in [6, 6.07) is 18.3. The Balaban J connectivity index is 1.21. The first-order valence-electron chi connectivity index (χ1n) is 10.9. The maximum absolute atomic E-state index is 14.8. The first kappa shape index (κ1) is 18.3. The molecule has 2 aromatic carbocycles. The van der Waals surface area contributed by atoms with Crippen LogP contribution in [0.3, 0.4) is 0 Å². The van der Waals surface area contributed by atoms with E-state index in [9.17, 15) is 4.39 Å². The Labute approximate surface area is 181 Å². The second-order valence-electron chi connectivity index (χ2n) is 8.44. The van der Waals surface area contributed by atoms with Gasteiger partial charge in [0.15, 0.2) is 0 Å². The molecular formula is C26H23FN4. The molecule has 1 fully saturated rings. The highest BCUT2D eigenvalue weighted by Gasteiger charge is 2.37. The molecular weight excluding hydrogens is 387 g/mol. The number of imidazole rings is 1. The van der Waals surface area contributed by atoms with E-state index in [1.54, 1.807) is 12.1 Å². The van der Waals surface area contributed by atoms with Gasteiger partial charge >= 0.3 is 0 Å². The molecule has 1 unspecified atom stereocenters. The summed E-state index contributed by atoms with van der Waals surface area (Å²) in [6.07, 6.45) is 9.43. The molecule has 5 heteroatoms. The van der Waals surface area contributed by atoms with Gasteiger partial charge in [0.2, 0.25) is 0 Å². The monoisotopic (exact) mass is 410 g/mol. The number of nitrogens with zero attached hydrogens (tertiary/aromatic N) is 4. The van der Waals surface area contributed by atoms with Crippen LogP contribution in [0.5, 0.6) is 0 Å². The number of hydrogen-bond donors (Lipinski definition) is 0. The molecule has 2 aliphatic heterocycles. The summed E-state index contributed by atoms with van der Waals surface area (Å²) in [7, 11) is 0. The van der Waals surface area contributed by atoms with Crippen LogP contribution in [0.1, 0.15) is 24.4 Å². The van der Waals surface area contributed by atoms with Crippen LogP contribution in [0.2, 0.25) is 0 Å². The zero-order valence-electron chi connectivity index (χ0n) is 17.2. The largest absolute Gasteiger partial charge is 0.372 e. The van der Waals surface area contributed by atoms with Crippen molar-refractivity contribution in [2.24, 2.45) is 5.92 Å². The number of benzene rings is 2. The minimum atomic E-state index is -0.0969. The maximum Gasteiger partial charge on any atom is 0.129 e. The third-order valence-electron chi connectivity index (χ3n) is 6.82. The number of rotatable bonds is 3. The number of hydrogen-bond acceptors (Lipinski definition) is 3. The maximum atomic E-state index is 14.8. The minimum Gasteiger partial charge on any atom is -0.372 e. The summed E-state index contributed by atoms with van der Waals surface area (Å²) in [5.74, 6) is 0.304. The number of fused-ring (bicyclic) bond motifs is 3. The lowest BCUT2D eigenvalue weighted by Gasteiger charge is -2.37. The first-order valence-corrected chi connectivity index (χ1v) is 10.9. The fraction of sp³-hybridized carbons (Fsp3) is 0.231. The van der Waals surface area contributed by atoms with Gasteiger partial charge in [-0.05, 0) is 60.2 Å². The van der Waals surface area contributed by atoms with E-state index in [2.05, 4.69) is 43.7 Å². The summed E-state index contributed by atoms with van der Waals surface area (Å²) < 4.78 is 17.0. The fourth-order valence-corrected chi connectivity index (χ4v) is 5.28. The van der Waals surface area contributed by atoms with Crippen LogP contribution in [0, 0.1) is 11.7 Å². The molecule has 0 amide bonds. The molecule has 2 aromatic heterocycles. The van der Waals surface area contributed by atoms with Crippen LogP contribution in [-0.4, -0.2) is 27.6 Å². The molecule has 154 valence electrons. The van der Waals surface area contributed by atoms with Crippen molar-refractivity contribution in [1.82, 2.24) is 14.5 Å². The van der Waals surface area contributed by atoms with E-state index in [1.807, 2.05) is 43.1 Å². The molecule has 1 saturated heterocycles. The zero-order valence-corrected chi connectivity index (χ0v) is 17.2. The second kappa shape index (κ2) is 7.34. The van der Waals surface area contributed by atoms with Crippen molar-refractivity contribution in [2.45, 2.75) is 18.9 Å². The van der Waals surface area contributed by atoms with Gasteiger partial charge in [0, 0.05) is 42.3 Å². The van der Waals surface area contributed by atoms with Gasteiger partial charge in [-0.1, -0.05) is 24.3 Å². The topological polar surface area (TPSA) is 34.0 Å². The average Bonchev–Trinajstić information content (AvgIpc) is 3.42. The van der Waals surface area contributed by atoms with E-state index in [1.165, 1.54) is 16.8 Å². The van der Waals surface area contributed by atoms with Gasteiger partial charge < -0.3 is 9.47 Å². The average molecular weight is 410 g/mol. The molecule has 4 heterocycles. The highest BCUT2D eigenvalue weighted by atomic mass is 19.1. The Morgan fingerprint density at radius 3 is 2.35 bits per heavy atom.